The fourth-order valence-electron chi connectivity index (χ4n) is 2.05. The summed E-state index contributed by atoms with van der Waals surface area (Å²) in [6.07, 6.45) is 1.91. The quantitative estimate of drug-likeness (QED) is 0.825. The van der Waals surface area contributed by atoms with E-state index in [1.165, 1.54) is 6.07 Å². The van der Waals surface area contributed by atoms with E-state index in [9.17, 15) is 9.18 Å². The van der Waals surface area contributed by atoms with Crippen molar-refractivity contribution in [2.45, 2.75) is 19.8 Å². The van der Waals surface area contributed by atoms with Gasteiger partial charge in [-0.15, -0.1) is 0 Å². The maximum absolute atomic E-state index is 13.3. The molecule has 1 aliphatic rings. The van der Waals surface area contributed by atoms with Crippen LogP contribution >= 0.6 is 0 Å². The van der Waals surface area contributed by atoms with Gasteiger partial charge >= 0.3 is 0 Å². The van der Waals surface area contributed by atoms with Crippen LogP contribution in [0.3, 0.4) is 0 Å². The third kappa shape index (κ3) is 2.82. The number of benzene rings is 1. The molecule has 1 amide bonds. The molecular formula is C13H17FN2O. The largest absolute Gasteiger partial charge is 0.325 e. The molecule has 1 aromatic carbocycles. The summed E-state index contributed by atoms with van der Waals surface area (Å²) in [5.41, 5.74) is 1.06. The lowest BCUT2D eigenvalue weighted by Crippen LogP contribution is -2.37. The van der Waals surface area contributed by atoms with Crippen LogP contribution in [-0.2, 0) is 4.79 Å². The average molecular weight is 236 g/mol. The molecule has 3 nitrogen and oxygen atoms in total. The molecule has 17 heavy (non-hydrogen) atoms. The summed E-state index contributed by atoms with van der Waals surface area (Å²) in [4.78, 5) is 12.0. The Hall–Kier alpha value is -1.42. The second kappa shape index (κ2) is 5.27. The van der Waals surface area contributed by atoms with Crippen LogP contribution in [0.1, 0.15) is 18.4 Å². The smallest absolute Gasteiger partial charge is 0.228 e. The highest BCUT2D eigenvalue weighted by Crippen LogP contribution is 2.19. The van der Waals surface area contributed by atoms with Crippen molar-refractivity contribution >= 4 is 11.6 Å². The zero-order valence-electron chi connectivity index (χ0n) is 9.92. The molecule has 2 N–H and O–H groups in total. The Morgan fingerprint density at radius 3 is 3.06 bits per heavy atom. The van der Waals surface area contributed by atoms with E-state index in [0.29, 0.717) is 17.8 Å². The van der Waals surface area contributed by atoms with Crippen molar-refractivity contribution in [1.29, 1.82) is 0 Å². The molecule has 1 saturated heterocycles. The van der Waals surface area contributed by atoms with Crippen molar-refractivity contribution in [3.63, 3.8) is 0 Å². The number of amides is 1. The van der Waals surface area contributed by atoms with E-state index in [1.807, 2.05) is 0 Å². The third-order valence-electron chi connectivity index (χ3n) is 3.19. The van der Waals surface area contributed by atoms with Crippen molar-refractivity contribution in [3.8, 4) is 0 Å². The minimum atomic E-state index is -0.287. The lowest BCUT2D eigenvalue weighted by molar-refractivity contribution is -0.120. The lowest BCUT2D eigenvalue weighted by atomic mass is 9.98. The SMILES string of the molecule is Cc1c(F)cccc1NC(=O)[C@H]1CCCNC1. The van der Waals surface area contributed by atoms with Crippen molar-refractivity contribution < 1.29 is 9.18 Å². The number of nitrogens with one attached hydrogen (secondary N) is 2. The number of carbonyl (C=O) groups excluding carboxylic acids is 1. The standard InChI is InChI=1S/C13H17FN2O/c1-9-11(14)5-2-6-12(9)16-13(17)10-4-3-7-15-8-10/h2,5-6,10,15H,3-4,7-8H2,1H3,(H,16,17)/t10-/m0/s1. The van der Waals surface area contributed by atoms with Crippen LogP contribution in [0.15, 0.2) is 18.2 Å². The first-order valence-electron chi connectivity index (χ1n) is 5.95. The van der Waals surface area contributed by atoms with Gasteiger partial charge < -0.3 is 10.6 Å². The third-order valence-corrected chi connectivity index (χ3v) is 3.19. The molecule has 1 fully saturated rings. The summed E-state index contributed by atoms with van der Waals surface area (Å²) in [6.45, 7) is 3.35. The number of hydrogen-bond acceptors (Lipinski definition) is 2. The van der Waals surface area contributed by atoms with Crippen molar-refractivity contribution in [1.82, 2.24) is 5.32 Å². The summed E-state index contributed by atoms with van der Waals surface area (Å²) in [6, 6.07) is 4.73. The molecule has 4 heteroatoms. The molecule has 0 aliphatic carbocycles. The van der Waals surface area contributed by atoms with Gasteiger partial charge in [-0.3, -0.25) is 4.79 Å². The molecule has 1 aliphatic heterocycles. The topological polar surface area (TPSA) is 41.1 Å². The van der Waals surface area contributed by atoms with Crippen molar-refractivity contribution in [2.75, 3.05) is 18.4 Å². The maximum atomic E-state index is 13.3. The van der Waals surface area contributed by atoms with Crippen LogP contribution in [0.4, 0.5) is 10.1 Å². The Kier molecular flexibility index (Phi) is 3.74. The van der Waals surface area contributed by atoms with Crippen LogP contribution in [0, 0.1) is 18.7 Å². The lowest BCUT2D eigenvalue weighted by Gasteiger charge is -2.22. The number of halogens is 1. The summed E-state index contributed by atoms with van der Waals surface area (Å²) in [5, 5.41) is 5.99. The second-order valence-corrected chi connectivity index (χ2v) is 4.44. The highest BCUT2D eigenvalue weighted by Gasteiger charge is 2.21. The molecule has 0 saturated carbocycles. The number of piperidine rings is 1. The number of hydrogen-bond donors (Lipinski definition) is 2. The summed E-state index contributed by atoms with van der Waals surface area (Å²) >= 11 is 0. The van der Waals surface area contributed by atoms with Crippen LogP contribution < -0.4 is 10.6 Å². The number of anilines is 1. The van der Waals surface area contributed by atoms with E-state index in [0.717, 1.165) is 19.4 Å². The van der Waals surface area contributed by atoms with Crippen LogP contribution in [0.25, 0.3) is 0 Å². The van der Waals surface area contributed by atoms with Gasteiger partial charge in [0.1, 0.15) is 5.82 Å². The van der Waals surface area contributed by atoms with E-state index in [4.69, 9.17) is 0 Å². The molecule has 0 unspecified atom stereocenters. The zero-order valence-corrected chi connectivity index (χ0v) is 9.92. The predicted octanol–water partition coefficient (Wildman–Crippen LogP) is 2.07. The Morgan fingerprint density at radius 2 is 2.35 bits per heavy atom. The highest BCUT2D eigenvalue weighted by atomic mass is 19.1. The molecule has 1 atom stereocenters. The summed E-state index contributed by atoms with van der Waals surface area (Å²) in [7, 11) is 0. The predicted molar refractivity (Wildman–Crippen MR) is 65.4 cm³/mol. The summed E-state index contributed by atoms with van der Waals surface area (Å²) < 4.78 is 13.3. The van der Waals surface area contributed by atoms with Crippen LogP contribution in [0.2, 0.25) is 0 Å². The molecule has 1 heterocycles. The van der Waals surface area contributed by atoms with Gasteiger partial charge in [0, 0.05) is 17.8 Å². The number of rotatable bonds is 2. The highest BCUT2D eigenvalue weighted by molar-refractivity contribution is 5.93. The van der Waals surface area contributed by atoms with Gasteiger partial charge in [0.25, 0.3) is 0 Å². The Bertz CT molecular complexity index is 414. The fourth-order valence-corrected chi connectivity index (χ4v) is 2.05. The van der Waals surface area contributed by atoms with E-state index >= 15 is 0 Å². The second-order valence-electron chi connectivity index (χ2n) is 4.44. The first kappa shape index (κ1) is 12.0. The van der Waals surface area contributed by atoms with Gasteiger partial charge in [-0.25, -0.2) is 4.39 Å². The van der Waals surface area contributed by atoms with Gasteiger partial charge in [0.05, 0.1) is 5.92 Å². The fraction of sp³-hybridized carbons (Fsp3) is 0.462. The molecule has 92 valence electrons. The molecule has 0 radical (unpaired) electrons. The van der Waals surface area contributed by atoms with Gasteiger partial charge in [0.2, 0.25) is 5.91 Å². The van der Waals surface area contributed by atoms with Crippen molar-refractivity contribution in [3.05, 3.63) is 29.6 Å². The van der Waals surface area contributed by atoms with E-state index < -0.39 is 0 Å². The minimum Gasteiger partial charge on any atom is -0.325 e. The molecule has 2 rings (SSSR count). The molecule has 0 spiro atoms. The van der Waals surface area contributed by atoms with Crippen LogP contribution in [-0.4, -0.2) is 19.0 Å². The van der Waals surface area contributed by atoms with Gasteiger partial charge in [-0.1, -0.05) is 6.07 Å². The molecular weight excluding hydrogens is 219 g/mol. The zero-order chi connectivity index (χ0) is 12.3. The Labute approximate surface area is 100 Å². The Balaban J connectivity index is 2.04. The van der Waals surface area contributed by atoms with E-state index in [-0.39, 0.29) is 17.6 Å². The van der Waals surface area contributed by atoms with Crippen LogP contribution in [0.5, 0.6) is 0 Å². The number of carbonyl (C=O) groups is 1. The van der Waals surface area contributed by atoms with E-state index in [2.05, 4.69) is 10.6 Å². The molecule has 1 aromatic rings. The van der Waals surface area contributed by atoms with E-state index in [1.54, 1.807) is 19.1 Å². The molecule has 0 aromatic heterocycles. The van der Waals surface area contributed by atoms with Gasteiger partial charge in [-0.2, -0.15) is 0 Å². The summed E-state index contributed by atoms with van der Waals surface area (Å²) in [5.74, 6) is -0.318. The molecule has 0 bridgehead atoms. The normalized spacial score (nSPS) is 20.0. The van der Waals surface area contributed by atoms with Gasteiger partial charge in [0.15, 0.2) is 0 Å². The monoisotopic (exact) mass is 236 g/mol. The average Bonchev–Trinajstić information content (AvgIpc) is 2.36. The first-order valence-corrected chi connectivity index (χ1v) is 5.95. The maximum Gasteiger partial charge on any atom is 0.228 e. The van der Waals surface area contributed by atoms with Gasteiger partial charge in [-0.05, 0) is 38.4 Å². The first-order chi connectivity index (χ1) is 8.18. The Morgan fingerprint density at radius 1 is 1.53 bits per heavy atom. The van der Waals surface area contributed by atoms with Crippen molar-refractivity contribution in [2.24, 2.45) is 5.92 Å². The minimum absolute atomic E-state index is 0.00795.